The number of benzene rings is 1. The Kier molecular flexibility index (Phi) is 9.85. The van der Waals surface area contributed by atoms with E-state index in [1.54, 1.807) is 13.0 Å². The zero-order chi connectivity index (χ0) is 21.8. The Balaban J connectivity index is 1.78. The summed E-state index contributed by atoms with van der Waals surface area (Å²) in [5.74, 6) is 1.19. The largest absolute Gasteiger partial charge is 0.492 e. The highest BCUT2D eigenvalue weighted by molar-refractivity contribution is 5.88. The maximum atomic E-state index is 11.2. The molecule has 1 saturated heterocycles. The van der Waals surface area contributed by atoms with Crippen LogP contribution < -0.4 is 20.7 Å². The molecule has 1 amide bonds. The van der Waals surface area contributed by atoms with E-state index in [4.69, 9.17) is 9.47 Å². The van der Waals surface area contributed by atoms with E-state index in [1.807, 2.05) is 25.1 Å². The molecule has 1 fully saturated rings. The summed E-state index contributed by atoms with van der Waals surface area (Å²) in [7, 11) is 0. The number of morpholine rings is 1. The van der Waals surface area contributed by atoms with Crippen molar-refractivity contribution in [1.29, 1.82) is 0 Å². The summed E-state index contributed by atoms with van der Waals surface area (Å²) in [5, 5.41) is 19.8. The molecule has 168 valence electrons. The predicted octanol–water partition coefficient (Wildman–Crippen LogP) is 0.662. The van der Waals surface area contributed by atoms with Crippen molar-refractivity contribution in [2.45, 2.75) is 26.4 Å². The standard InChI is InChI=1S/C21H35N5O4/c1-4-22-20(24-15-21(3,28)16-26-9-12-29-13-10-26)23-8-11-30-19-7-5-6-18(14-19)25-17(2)27/h5-7,14,28H,4,8-13,15-16H2,1-3H3,(H,25,27)(H2,22,23,24). The van der Waals surface area contributed by atoms with Gasteiger partial charge in [-0.1, -0.05) is 6.07 Å². The number of guanidine groups is 1. The Morgan fingerprint density at radius 3 is 2.80 bits per heavy atom. The molecule has 0 saturated carbocycles. The molecule has 1 aliphatic heterocycles. The number of ether oxygens (including phenoxy) is 2. The van der Waals surface area contributed by atoms with Crippen molar-refractivity contribution in [3.63, 3.8) is 0 Å². The quantitative estimate of drug-likeness (QED) is 0.250. The average Bonchev–Trinajstić information content (AvgIpc) is 2.69. The molecule has 0 aromatic heterocycles. The molecule has 30 heavy (non-hydrogen) atoms. The monoisotopic (exact) mass is 421 g/mol. The van der Waals surface area contributed by atoms with Crippen molar-refractivity contribution in [3.8, 4) is 5.75 Å². The lowest BCUT2D eigenvalue weighted by atomic mass is 10.1. The van der Waals surface area contributed by atoms with Crippen molar-refractivity contribution in [3.05, 3.63) is 24.3 Å². The van der Waals surface area contributed by atoms with Gasteiger partial charge in [0.05, 0.1) is 31.9 Å². The number of hydrogen-bond donors (Lipinski definition) is 4. The first-order valence-corrected chi connectivity index (χ1v) is 10.4. The highest BCUT2D eigenvalue weighted by Gasteiger charge is 2.25. The number of carbonyl (C=O) groups is 1. The molecule has 1 aromatic carbocycles. The normalized spacial score (nSPS) is 17.1. The molecule has 4 N–H and O–H groups in total. The van der Waals surface area contributed by atoms with Crippen LogP contribution in [0.4, 0.5) is 5.69 Å². The molecule has 0 bridgehead atoms. The van der Waals surface area contributed by atoms with Gasteiger partial charge < -0.3 is 30.5 Å². The number of anilines is 1. The van der Waals surface area contributed by atoms with Crippen molar-refractivity contribution >= 4 is 17.6 Å². The van der Waals surface area contributed by atoms with Crippen molar-refractivity contribution < 1.29 is 19.4 Å². The topological polar surface area (TPSA) is 107 Å². The Hall–Kier alpha value is -2.36. The summed E-state index contributed by atoms with van der Waals surface area (Å²) in [5.41, 5.74) is -0.217. The second-order valence-corrected chi connectivity index (χ2v) is 7.56. The van der Waals surface area contributed by atoms with Gasteiger partial charge in [0, 0.05) is 44.9 Å². The second-order valence-electron chi connectivity index (χ2n) is 7.56. The summed E-state index contributed by atoms with van der Waals surface area (Å²) < 4.78 is 11.1. The minimum absolute atomic E-state index is 0.121. The molecule has 1 heterocycles. The molecule has 1 unspecified atom stereocenters. The maximum Gasteiger partial charge on any atom is 0.221 e. The molecular weight excluding hydrogens is 386 g/mol. The molecule has 9 heteroatoms. The maximum absolute atomic E-state index is 11.2. The number of amides is 1. The average molecular weight is 422 g/mol. The van der Waals surface area contributed by atoms with Crippen LogP contribution in [0.25, 0.3) is 0 Å². The van der Waals surface area contributed by atoms with E-state index in [1.165, 1.54) is 6.92 Å². The number of aliphatic hydroxyl groups is 1. The molecule has 1 atom stereocenters. The Morgan fingerprint density at radius 2 is 2.10 bits per heavy atom. The van der Waals surface area contributed by atoms with Gasteiger partial charge in [-0.25, -0.2) is 0 Å². The second kappa shape index (κ2) is 12.4. The first-order chi connectivity index (χ1) is 14.4. The van der Waals surface area contributed by atoms with E-state index in [0.717, 1.165) is 19.6 Å². The van der Waals surface area contributed by atoms with Crippen LogP contribution in [-0.2, 0) is 9.53 Å². The van der Waals surface area contributed by atoms with Crippen LogP contribution in [0.2, 0.25) is 0 Å². The van der Waals surface area contributed by atoms with Gasteiger partial charge >= 0.3 is 0 Å². The van der Waals surface area contributed by atoms with Gasteiger partial charge in [0.1, 0.15) is 12.4 Å². The number of hydrogen-bond acceptors (Lipinski definition) is 6. The molecule has 1 aromatic rings. The number of rotatable bonds is 10. The molecular formula is C21H35N5O4. The van der Waals surface area contributed by atoms with Gasteiger partial charge in [-0.2, -0.15) is 0 Å². The molecule has 0 spiro atoms. The summed E-state index contributed by atoms with van der Waals surface area (Å²) >= 11 is 0. The molecule has 9 nitrogen and oxygen atoms in total. The Labute approximate surface area is 178 Å². The van der Waals surface area contributed by atoms with Gasteiger partial charge in [-0.3, -0.25) is 14.7 Å². The van der Waals surface area contributed by atoms with Crippen molar-refractivity contribution in [1.82, 2.24) is 15.5 Å². The number of nitrogens with one attached hydrogen (secondary N) is 3. The highest BCUT2D eigenvalue weighted by Crippen LogP contribution is 2.17. The zero-order valence-corrected chi connectivity index (χ0v) is 18.2. The van der Waals surface area contributed by atoms with E-state index in [0.29, 0.717) is 56.9 Å². The number of nitrogens with zero attached hydrogens (tertiary/aromatic N) is 2. The summed E-state index contributed by atoms with van der Waals surface area (Å²) in [6.45, 7) is 10.9. The molecule has 1 aliphatic rings. The lowest BCUT2D eigenvalue weighted by Gasteiger charge is -2.33. The zero-order valence-electron chi connectivity index (χ0n) is 18.2. The number of carbonyl (C=O) groups excluding carboxylic acids is 1. The first-order valence-electron chi connectivity index (χ1n) is 10.4. The molecule has 2 rings (SSSR count). The highest BCUT2D eigenvalue weighted by atomic mass is 16.5. The fourth-order valence-electron chi connectivity index (χ4n) is 3.09. The van der Waals surface area contributed by atoms with Gasteiger partial charge in [0.2, 0.25) is 5.91 Å². The lowest BCUT2D eigenvalue weighted by Crippen LogP contribution is -2.48. The smallest absolute Gasteiger partial charge is 0.221 e. The third kappa shape index (κ3) is 9.43. The van der Waals surface area contributed by atoms with E-state index >= 15 is 0 Å². The van der Waals surface area contributed by atoms with Crippen LogP contribution in [0, 0.1) is 0 Å². The van der Waals surface area contributed by atoms with Crippen LogP contribution in [0.5, 0.6) is 5.75 Å². The number of aliphatic imine (C=N–C) groups is 1. The Morgan fingerprint density at radius 1 is 1.33 bits per heavy atom. The van der Waals surface area contributed by atoms with Gasteiger partial charge in [-0.05, 0) is 26.0 Å². The fraction of sp³-hybridized carbons (Fsp3) is 0.619. The minimum Gasteiger partial charge on any atom is -0.492 e. The molecule has 0 radical (unpaired) electrons. The third-order valence-electron chi connectivity index (χ3n) is 4.41. The van der Waals surface area contributed by atoms with Crippen LogP contribution in [0.1, 0.15) is 20.8 Å². The van der Waals surface area contributed by atoms with Crippen molar-refractivity contribution in [2.24, 2.45) is 4.99 Å². The van der Waals surface area contributed by atoms with E-state index in [-0.39, 0.29) is 5.91 Å². The van der Waals surface area contributed by atoms with Crippen LogP contribution >= 0.6 is 0 Å². The molecule has 0 aliphatic carbocycles. The van der Waals surface area contributed by atoms with Crippen LogP contribution in [0.15, 0.2) is 29.3 Å². The SMILES string of the molecule is CCNC(=NCC(C)(O)CN1CCOCC1)NCCOc1cccc(NC(C)=O)c1. The Bertz CT molecular complexity index is 690. The van der Waals surface area contributed by atoms with Gasteiger partial charge in [-0.15, -0.1) is 0 Å². The minimum atomic E-state index is -0.916. The summed E-state index contributed by atoms with van der Waals surface area (Å²) in [6, 6.07) is 7.26. The first kappa shape index (κ1) is 23.9. The predicted molar refractivity (Wildman–Crippen MR) is 118 cm³/mol. The summed E-state index contributed by atoms with van der Waals surface area (Å²) in [4.78, 5) is 17.9. The van der Waals surface area contributed by atoms with Gasteiger partial charge in [0.25, 0.3) is 0 Å². The fourth-order valence-corrected chi connectivity index (χ4v) is 3.09. The summed E-state index contributed by atoms with van der Waals surface area (Å²) in [6.07, 6.45) is 0. The van der Waals surface area contributed by atoms with Gasteiger partial charge in [0.15, 0.2) is 5.96 Å². The van der Waals surface area contributed by atoms with Crippen molar-refractivity contribution in [2.75, 3.05) is 64.4 Å². The van der Waals surface area contributed by atoms with Crippen LogP contribution in [0.3, 0.4) is 0 Å². The van der Waals surface area contributed by atoms with E-state index in [9.17, 15) is 9.90 Å². The van der Waals surface area contributed by atoms with Crippen LogP contribution in [-0.4, -0.2) is 86.6 Å². The lowest BCUT2D eigenvalue weighted by molar-refractivity contribution is -0.114. The van der Waals surface area contributed by atoms with E-state index in [2.05, 4.69) is 25.8 Å². The third-order valence-corrected chi connectivity index (χ3v) is 4.41. The number of β-amino-alcohol motifs (C(OH)–C–C–N with tert-alkyl or cyclic N) is 1. The van der Waals surface area contributed by atoms with E-state index < -0.39 is 5.60 Å².